The Morgan fingerprint density at radius 3 is 2.05 bits per heavy atom. The molecule has 1 aliphatic rings. The first kappa shape index (κ1) is 18.7. The van der Waals surface area contributed by atoms with Crippen LogP contribution in [0.1, 0.15) is 25.7 Å². The van der Waals surface area contributed by atoms with E-state index in [0.717, 1.165) is 16.9 Å². The Balaban J connectivity index is 0.000000280. The third kappa shape index (κ3) is 11.8. The third-order valence-electron chi connectivity index (χ3n) is 2.65. The summed E-state index contributed by atoms with van der Waals surface area (Å²) in [5, 5.41) is 3.21. The van der Waals surface area contributed by atoms with Crippen molar-refractivity contribution in [2.75, 3.05) is 14.1 Å². The Morgan fingerprint density at radius 1 is 1.25 bits per heavy atom. The van der Waals surface area contributed by atoms with Gasteiger partial charge in [-0.25, -0.2) is 0 Å². The van der Waals surface area contributed by atoms with Crippen LogP contribution in [0.2, 0.25) is 0 Å². The van der Waals surface area contributed by atoms with Gasteiger partial charge in [0.1, 0.15) is 0 Å². The lowest BCUT2D eigenvalue weighted by Crippen LogP contribution is -2.18. The van der Waals surface area contributed by atoms with Crippen molar-refractivity contribution >= 4 is 22.3 Å². The Hall–Kier alpha value is -1.29. The van der Waals surface area contributed by atoms with Gasteiger partial charge >= 0.3 is 0 Å². The molecular weight excluding hydrogens is 316 g/mol. The van der Waals surface area contributed by atoms with E-state index in [4.69, 9.17) is 0 Å². The molecule has 1 aliphatic carbocycles. The quantitative estimate of drug-likeness (QED) is 0.848. The van der Waals surface area contributed by atoms with Crippen LogP contribution in [0.3, 0.4) is 0 Å². The predicted octanol–water partition coefficient (Wildman–Crippen LogP) is 3.82. The summed E-state index contributed by atoms with van der Waals surface area (Å²) in [5.74, 6) is 0. The van der Waals surface area contributed by atoms with E-state index in [0.29, 0.717) is 0 Å². The SMILES string of the molecule is Brc1ccccc1.C=CNC1CCCC1.CN(C)C=O. The third-order valence-corrected chi connectivity index (χ3v) is 3.18. The largest absolute Gasteiger partial charge is 0.389 e. The molecule has 0 unspecified atom stereocenters. The molecule has 1 saturated carbocycles. The van der Waals surface area contributed by atoms with Crippen LogP contribution in [0.15, 0.2) is 47.6 Å². The van der Waals surface area contributed by atoms with E-state index in [1.807, 2.05) is 30.3 Å². The van der Waals surface area contributed by atoms with E-state index in [2.05, 4.69) is 27.8 Å². The number of carbonyl (C=O) groups is 1. The Labute approximate surface area is 131 Å². The van der Waals surface area contributed by atoms with Gasteiger partial charge < -0.3 is 10.2 Å². The second kappa shape index (κ2) is 12.7. The zero-order valence-electron chi connectivity index (χ0n) is 12.4. The summed E-state index contributed by atoms with van der Waals surface area (Å²) in [5.41, 5.74) is 0. The highest BCUT2D eigenvalue weighted by molar-refractivity contribution is 9.10. The zero-order valence-corrected chi connectivity index (χ0v) is 14.0. The molecule has 0 saturated heterocycles. The van der Waals surface area contributed by atoms with E-state index in [-0.39, 0.29) is 0 Å². The number of nitrogens with one attached hydrogen (secondary N) is 1. The Kier molecular flexibility index (Phi) is 11.9. The lowest BCUT2D eigenvalue weighted by Gasteiger charge is -2.06. The fourth-order valence-corrected chi connectivity index (χ4v) is 1.98. The van der Waals surface area contributed by atoms with E-state index in [9.17, 15) is 4.79 Å². The highest BCUT2D eigenvalue weighted by Gasteiger charge is 2.11. The zero-order chi connectivity index (χ0) is 15.2. The molecule has 2 rings (SSSR count). The molecule has 0 atom stereocenters. The number of halogens is 1. The summed E-state index contributed by atoms with van der Waals surface area (Å²) in [7, 11) is 3.38. The number of hydrogen-bond acceptors (Lipinski definition) is 2. The molecule has 1 amide bonds. The van der Waals surface area contributed by atoms with Crippen molar-refractivity contribution in [3.63, 3.8) is 0 Å². The van der Waals surface area contributed by atoms with Crippen molar-refractivity contribution in [2.45, 2.75) is 31.7 Å². The summed E-state index contributed by atoms with van der Waals surface area (Å²) >= 11 is 3.31. The van der Waals surface area contributed by atoms with Gasteiger partial charge in [0.25, 0.3) is 0 Å². The molecule has 20 heavy (non-hydrogen) atoms. The molecule has 0 aromatic heterocycles. The van der Waals surface area contributed by atoms with Crippen LogP contribution in [0.5, 0.6) is 0 Å². The molecule has 0 bridgehead atoms. The molecule has 4 heteroatoms. The van der Waals surface area contributed by atoms with Gasteiger partial charge in [-0.1, -0.05) is 53.5 Å². The van der Waals surface area contributed by atoms with Gasteiger partial charge in [0.2, 0.25) is 6.41 Å². The number of carbonyl (C=O) groups excluding carboxylic acids is 1. The maximum absolute atomic E-state index is 9.43. The molecule has 1 aromatic carbocycles. The molecule has 1 fully saturated rings. The van der Waals surface area contributed by atoms with Gasteiger partial charge in [0, 0.05) is 24.6 Å². The number of amides is 1. The minimum Gasteiger partial charge on any atom is -0.389 e. The van der Waals surface area contributed by atoms with E-state index < -0.39 is 0 Å². The van der Waals surface area contributed by atoms with Crippen molar-refractivity contribution in [3.05, 3.63) is 47.6 Å². The fraction of sp³-hybridized carbons (Fsp3) is 0.438. The smallest absolute Gasteiger partial charge is 0.209 e. The second-order valence-electron chi connectivity index (χ2n) is 4.72. The van der Waals surface area contributed by atoms with E-state index in [1.54, 1.807) is 20.3 Å². The van der Waals surface area contributed by atoms with E-state index in [1.165, 1.54) is 30.6 Å². The highest BCUT2D eigenvalue weighted by atomic mass is 79.9. The standard InChI is InChI=1S/C7H13N.C6H5Br.C3H7NO/c1-2-8-7-5-3-4-6-7;7-6-4-2-1-3-5-6;1-4(2)3-5/h2,7-8H,1,3-6H2;1-5H;3H,1-2H3. The minimum absolute atomic E-state index is 0.743. The first-order valence-electron chi connectivity index (χ1n) is 6.79. The molecule has 1 N–H and O–H groups in total. The topological polar surface area (TPSA) is 32.3 Å². The van der Waals surface area contributed by atoms with Gasteiger partial charge in [0.05, 0.1) is 0 Å². The fourth-order valence-electron chi connectivity index (χ4n) is 1.67. The van der Waals surface area contributed by atoms with Crippen LogP contribution in [0, 0.1) is 0 Å². The van der Waals surface area contributed by atoms with Crippen LogP contribution in [0.25, 0.3) is 0 Å². The van der Waals surface area contributed by atoms with Gasteiger partial charge in [-0.3, -0.25) is 4.79 Å². The molecule has 0 aliphatic heterocycles. The van der Waals surface area contributed by atoms with Gasteiger partial charge in [-0.05, 0) is 31.2 Å². The van der Waals surface area contributed by atoms with Crippen molar-refractivity contribution in [1.82, 2.24) is 10.2 Å². The van der Waals surface area contributed by atoms with Crippen LogP contribution in [0.4, 0.5) is 0 Å². The molecule has 3 nitrogen and oxygen atoms in total. The van der Waals surface area contributed by atoms with Gasteiger partial charge in [0.15, 0.2) is 0 Å². The number of nitrogens with zero attached hydrogens (tertiary/aromatic N) is 1. The van der Waals surface area contributed by atoms with Crippen LogP contribution >= 0.6 is 15.9 Å². The Bertz CT molecular complexity index is 349. The average Bonchev–Trinajstić information content (AvgIpc) is 2.94. The molecule has 0 spiro atoms. The average molecular weight is 341 g/mol. The number of rotatable bonds is 3. The maximum Gasteiger partial charge on any atom is 0.209 e. The molecule has 0 radical (unpaired) electrons. The van der Waals surface area contributed by atoms with Crippen molar-refractivity contribution in [1.29, 1.82) is 0 Å². The summed E-state index contributed by atoms with van der Waals surface area (Å²) < 4.78 is 1.13. The van der Waals surface area contributed by atoms with E-state index >= 15 is 0 Å². The monoisotopic (exact) mass is 340 g/mol. The first-order chi connectivity index (χ1) is 9.60. The summed E-state index contributed by atoms with van der Waals surface area (Å²) in [6, 6.07) is 10.7. The first-order valence-corrected chi connectivity index (χ1v) is 7.58. The molecular formula is C16H25BrN2O. The normalized spacial score (nSPS) is 13.2. The van der Waals surface area contributed by atoms with Crippen molar-refractivity contribution in [2.24, 2.45) is 0 Å². The van der Waals surface area contributed by atoms with Crippen LogP contribution < -0.4 is 5.32 Å². The van der Waals surface area contributed by atoms with Gasteiger partial charge in [-0.2, -0.15) is 0 Å². The van der Waals surface area contributed by atoms with Gasteiger partial charge in [-0.15, -0.1) is 0 Å². The second-order valence-corrected chi connectivity index (χ2v) is 5.63. The highest BCUT2D eigenvalue weighted by Crippen LogP contribution is 2.17. The molecule has 0 heterocycles. The number of benzene rings is 1. The Morgan fingerprint density at radius 2 is 1.75 bits per heavy atom. The molecule has 112 valence electrons. The lowest BCUT2D eigenvalue weighted by atomic mass is 10.3. The maximum atomic E-state index is 9.43. The van der Waals surface area contributed by atoms with Crippen LogP contribution in [-0.4, -0.2) is 31.4 Å². The predicted molar refractivity (Wildman–Crippen MR) is 89.5 cm³/mol. The number of hydrogen-bond donors (Lipinski definition) is 1. The van der Waals surface area contributed by atoms with Crippen molar-refractivity contribution < 1.29 is 4.79 Å². The summed E-state index contributed by atoms with van der Waals surface area (Å²) in [4.78, 5) is 10.9. The lowest BCUT2D eigenvalue weighted by molar-refractivity contribution is -0.115. The van der Waals surface area contributed by atoms with Crippen LogP contribution in [-0.2, 0) is 4.79 Å². The van der Waals surface area contributed by atoms with Crippen molar-refractivity contribution in [3.8, 4) is 0 Å². The summed E-state index contributed by atoms with van der Waals surface area (Å²) in [6.45, 7) is 3.61. The minimum atomic E-state index is 0.743. The molecule has 1 aromatic rings. The summed E-state index contributed by atoms with van der Waals surface area (Å²) in [6.07, 6.45) is 8.02.